The van der Waals surface area contributed by atoms with E-state index in [0.29, 0.717) is 6.61 Å². The normalized spacial score (nSPS) is 12.7. The molecule has 102 valence electrons. The Morgan fingerprint density at radius 3 is 2.44 bits per heavy atom. The first-order valence-corrected chi connectivity index (χ1v) is 6.84. The van der Waals surface area contributed by atoms with Gasteiger partial charge in [-0.05, 0) is 44.6 Å². The van der Waals surface area contributed by atoms with Crippen LogP contribution in [0, 0.1) is 0 Å². The monoisotopic (exact) mass is 250 g/mol. The minimum absolute atomic E-state index is 0.0718. The highest BCUT2D eigenvalue weighted by atomic mass is 16.5. The largest absolute Gasteiger partial charge is 0.494 e. The number of likely N-dealkylation sites (N-methyl/N-ethyl adjacent to an activating group) is 1. The van der Waals surface area contributed by atoms with E-state index < -0.39 is 0 Å². The molecule has 1 atom stereocenters. The predicted molar refractivity (Wildman–Crippen MR) is 76.9 cm³/mol. The highest BCUT2D eigenvalue weighted by molar-refractivity contribution is 5.29. The molecule has 3 heteroatoms. The van der Waals surface area contributed by atoms with E-state index in [2.05, 4.69) is 31.0 Å². The highest BCUT2D eigenvalue weighted by Crippen LogP contribution is 2.17. The fourth-order valence-corrected chi connectivity index (χ4v) is 1.94. The summed E-state index contributed by atoms with van der Waals surface area (Å²) in [6.45, 7) is 6.91. The molecule has 0 amide bonds. The number of ether oxygens (including phenoxy) is 1. The lowest BCUT2D eigenvalue weighted by Crippen LogP contribution is -2.29. The molecule has 0 aliphatic rings. The molecular formula is C15H26N2O. The summed E-state index contributed by atoms with van der Waals surface area (Å²) in [5.74, 6) is 0.910. The van der Waals surface area contributed by atoms with Gasteiger partial charge in [0.15, 0.2) is 0 Å². The molecule has 0 radical (unpaired) electrons. The van der Waals surface area contributed by atoms with Gasteiger partial charge in [0, 0.05) is 12.6 Å². The van der Waals surface area contributed by atoms with Crippen molar-refractivity contribution in [3.63, 3.8) is 0 Å². The van der Waals surface area contributed by atoms with E-state index in [9.17, 15) is 0 Å². The summed E-state index contributed by atoms with van der Waals surface area (Å²) in [5.41, 5.74) is 7.38. The van der Waals surface area contributed by atoms with Gasteiger partial charge in [0.1, 0.15) is 5.75 Å². The van der Waals surface area contributed by atoms with E-state index in [4.69, 9.17) is 10.5 Å². The SMILES string of the molecule is CCCCN(C)CC(N)c1ccc(OCC)cc1. The van der Waals surface area contributed by atoms with Gasteiger partial charge < -0.3 is 15.4 Å². The van der Waals surface area contributed by atoms with Crippen LogP contribution in [0.5, 0.6) is 5.75 Å². The summed E-state index contributed by atoms with van der Waals surface area (Å²) in [5, 5.41) is 0. The second kappa shape index (κ2) is 8.11. The van der Waals surface area contributed by atoms with Crippen LogP contribution in [0.2, 0.25) is 0 Å². The molecule has 0 aliphatic heterocycles. The Kier molecular flexibility index (Phi) is 6.76. The van der Waals surface area contributed by atoms with Crippen LogP contribution in [-0.4, -0.2) is 31.6 Å². The van der Waals surface area contributed by atoms with E-state index in [1.807, 2.05) is 19.1 Å². The number of benzene rings is 1. The number of rotatable bonds is 8. The van der Waals surface area contributed by atoms with Gasteiger partial charge in [0.2, 0.25) is 0 Å². The van der Waals surface area contributed by atoms with Crippen molar-refractivity contribution in [2.24, 2.45) is 5.73 Å². The van der Waals surface area contributed by atoms with Crippen molar-refractivity contribution in [2.45, 2.75) is 32.7 Å². The Labute approximate surface area is 111 Å². The summed E-state index contributed by atoms with van der Waals surface area (Å²) in [6.07, 6.45) is 2.45. The van der Waals surface area contributed by atoms with Crippen molar-refractivity contribution < 1.29 is 4.74 Å². The molecule has 1 unspecified atom stereocenters. The molecule has 2 N–H and O–H groups in total. The molecule has 3 nitrogen and oxygen atoms in total. The average Bonchev–Trinajstić information content (AvgIpc) is 2.37. The zero-order valence-electron chi connectivity index (χ0n) is 11.9. The Hall–Kier alpha value is -1.06. The lowest BCUT2D eigenvalue weighted by atomic mass is 10.1. The van der Waals surface area contributed by atoms with E-state index in [1.54, 1.807) is 0 Å². The summed E-state index contributed by atoms with van der Waals surface area (Å²) in [6, 6.07) is 8.17. The molecule has 1 rings (SSSR count). The van der Waals surface area contributed by atoms with Gasteiger partial charge in [0.05, 0.1) is 6.61 Å². The van der Waals surface area contributed by atoms with Crippen LogP contribution < -0.4 is 10.5 Å². The zero-order valence-corrected chi connectivity index (χ0v) is 11.9. The lowest BCUT2D eigenvalue weighted by molar-refractivity contribution is 0.307. The first-order chi connectivity index (χ1) is 8.67. The zero-order chi connectivity index (χ0) is 13.4. The van der Waals surface area contributed by atoms with Crippen molar-refractivity contribution in [2.75, 3.05) is 26.7 Å². The molecule has 0 bridgehead atoms. The second-order valence-electron chi connectivity index (χ2n) is 4.72. The molecule has 1 aromatic rings. The molecule has 0 saturated carbocycles. The number of nitrogens with two attached hydrogens (primary N) is 1. The number of hydrogen-bond donors (Lipinski definition) is 1. The molecule has 1 aromatic carbocycles. The van der Waals surface area contributed by atoms with Crippen molar-refractivity contribution in [1.82, 2.24) is 4.90 Å². The molecule has 18 heavy (non-hydrogen) atoms. The van der Waals surface area contributed by atoms with Gasteiger partial charge in [-0.1, -0.05) is 25.5 Å². The Bertz CT molecular complexity index is 324. The average molecular weight is 250 g/mol. The minimum Gasteiger partial charge on any atom is -0.494 e. The number of unbranched alkanes of at least 4 members (excludes halogenated alkanes) is 1. The van der Waals surface area contributed by atoms with Crippen LogP contribution in [0.4, 0.5) is 0 Å². The van der Waals surface area contributed by atoms with Crippen molar-refractivity contribution in [3.05, 3.63) is 29.8 Å². The van der Waals surface area contributed by atoms with Crippen molar-refractivity contribution >= 4 is 0 Å². The van der Waals surface area contributed by atoms with Crippen LogP contribution in [0.3, 0.4) is 0 Å². The summed E-state index contributed by atoms with van der Waals surface area (Å²) < 4.78 is 5.42. The topological polar surface area (TPSA) is 38.5 Å². The van der Waals surface area contributed by atoms with Crippen LogP contribution in [0.25, 0.3) is 0 Å². The standard InChI is InChI=1S/C15H26N2O/c1-4-6-11-17(3)12-15(16)13-7-9-14(10-8-13)18-5-2/h7-10,15H,4-6,11-12,16H2,1-3H3. The number of hydrogen-bond acceptors (Lipinski definition) is 3. The third-order valence-corrected chi connectivity index (χ3v) is 3.02. The fourth-order valence-electron chi connectivity index (χ4n) is 1.94. The van der Waals surface area contributed by atoms with Crippen LogP contribution in [-0.2, 0) is 0 Å². The van der Waals surface area contributed by atoms with Crippen LogP contribution >= 0.6 is 0 Å². The molecule has 0 heterocycles. The van der Waals surface area contributed by atoms with E-state index in [-0.39, 0.29) is 6.04 Å². The molecule has 0 saturated heterocycles. The first kappa shape index (κ1) is 15.0. The van der Waals surface area contributed by atoms with Crippen LogP contribution in [0.1, 0.15) is 38.3 Å². The van der Waals surface area contributed by atoms with E-state index in [1.165, 1.54) is 18.4 Å². The second-order valence-corrected chi connectivity index (χ2v) is 4.72. The maximum absolute atomic E-state index is 6.21. The smallest absolute Gasteiger partial charge is 0.119 e. The third-order valence-electron chi connectivity index (χ3n) is 3.02. The van der Waals surface area contributed by atoms with Gasteiger partial charge in [-0.3, -0.25) is 0 Å². The fraction of sp³-hybridized carbons (Fsp3) is 0.600. The van der Waals surface area contributed by atoms with Gasteiger partial charge >= 0.3 is 0 Å². The third kappa shape index (κ3) is 5.07. The summed E-state index contributed by atoms with van der Waals surface area (Å²) in [4.78, 5) is 2.30. The van der Waals surface area contributed by atoms with Gasteiger partial charge in [0.25, 0.3) is 0 Å². The molecule has 0 fully saturated rings. The van der Waals surface area contributed by atoms with Gasteiger partial charge in [-0.15, -0.1) is 0 Å². The van der Waals surface area contributed by atoms with E-state index >= 15 is 0 Å². The Morgan fingerprint density at radius 1 is 1.22 bits per heavy atom. The molecule has 0 spiro atoms. The molecule has 0 aromatic heterocycles. The van der Waals surface area contributed by atoms with Crippen molar-refractivity contribution in [1.29, 1.82) is 0 Å². The summed E-state index contributed by atoms with van der Waals surface area (Å²) in [7, 11) is 2.13. The predicted octanol–water partition coefficient (Wildman–Crippen LogP) is 2.82. The molecule has 0 aliphatic carbocycles. The maximum Gasteiger partial charge on any atom is 0.119 e. The first-order valence-electron chi connectivity index (χ1n) is 6.84. The summed E-state index contributed by atoms with van der Waals surface area (Å²) >= 11 is 0. The van der Waals surface area contributed by atoms with Crippen molar-refractivity contribution in [3.8, 4) is 5.75 Å². The van der Waals surface area contributed by atoms with Gasteiger partial charge in [-0.2, -0.15) is 0 Å². The minimum atomic E-state index is 0.0718. The Balaban J connectivity index is 2.47. The van der Waals surface area contributed by atoms with E-state index in [0.717, 1.165) is 18.8 Å². The van der Waals surface area contributed by atoms with Crippen LogP contribution in [0.15, 0.2) is 24.3 Å². The highest BCUT2D eigenvalue weighted by Gasteiger charge is 2.09. The molecular weight excluding hydrogens is 224 g/mol. The Morgan fingerprint density at radius 2 is 1.89 bits per heavy atom. The lowest BCUT2D eigenvalue weighted by Gasteiger charge is -2.21. The number of nitrogens with zero attached hydrogens (tertiary/aromatic N) is 1. The quantitative estimate of drug-likeness (QED) is 0.771. The maximum atomic E-state index is 6.21. The van der Waals surface area contributed by atoms with Gasteiger partial charge in [-0.25, -0.2) is 0 Å².